The van der Waals surface area contributed by atoms with Gasteiger partial charge in [-0.25, -0.2) is 0 Å². The molecule has 0 bridgehead atoms. The minimum Gasteiger partial charge on any atom is -0.409 e. The average Bonchev–Trinajstić information content (AvgIpc) is 3.14. The zero-order valence-electron chi connectivity index (χ0n) is 12.1. The van der Waals surface area contributed by atoms with Gasteiger partial charge >= 0.3 is 0 Å². The van der Waals surface area contributed by atoms with Crippen molar-refractivity contribution in [1.29, 1.82) is 0 Å². The molecule has 0 spiro atoms. The van der Waals surface area contributed by atoms with E-state index in [0.29, 0.717) is 19.4 Å². The maximum Gasteiger partial charge on any atom is 0.233 e. The molecule has 1 saturated carbocycles. The first kappa shape index (κ1) is 15.1. The number of nitrogens with zero attached hydrogens (tertiary/aromatic N) is 2. The molecular weight excluding hydrogens is 256 g/mol. The molecule has 0 radical (unpaired) electrons. The Morgan fingerprint density at radius 1 is 1.25 bits per heavy atom. The Morgan fingerprint density at radius 3 is 2.50 bits per heavy atom. The van der Waals surface area contributed by atoms with E-state index in [1.54, 1.807) is 0 Å². The third kappa shape index (κ3) is 3.23. The molecule has 0 aromatic heterocycles. The number of amidine groups is 1. The molecule has 1 saturated heterocycles. The highest BCUT2D eigenvalue weighted by Gasteiger charge is 2.45. The topological polar surface area (TPSA) is 91.0 Å². The number of oxime groups is 1. The van der Waals surface area contributed by atoms with Gasteiger partial charge in [-0.1, -0.05) is 18.0 Å². The maximum atomic E-state index is 12.4. The van der Waals surface area contributed by atoms with Crippen LogP contribution in [0.3, 0.4) is 0 Å². The largest absolute Gasteiger partial charge is 0.409 e. The van der Waals surface area contributed by atoms with Crippen LogP contribution in [0.5, 0.6) is 0 Å². The smallest absolute Gasteiger partial charge is 0.233 e. The number of hydrogen-bond donors (Lipinski definition) is 3. The fourth-order valence-electron chi connectivity index (χ4n) is 3.35. The summed E-state index contributed by atoms with van der Waals surface area (Å²) in [5, 5.41) is 14.9. The summed E-state index contributed by atoms with van der Waals surface area (Å²) in [6, 6.07) is 0. The fourth-order valence-corrected chi connectivity index (χ4v) is 3.35. The van der Waals surface area contributed by atoms with Crippen LogP contribution in [0.2, 0.25) is 0 Å². The number of amides is 1. The van der Waals surface area contributed by atoms with Crippen LogP contribution in [0.25, 0.3) is 0 Å². The van der Waals surface area contributed by atoms with Crippen molar-refractivity contribution in [2.45, 2.75) is 44.9 Å². The molecule has 0 aromatic rings. The van der Waals surface area contributed by atoms with Gasteiger partial charge < -0.3 is 21.2 Å². The summed E-state index contributed by atoms with van der Waals surface area (Å²) in [6.45, 7) is 4.07. The minimum atomic E-state index is -0.775. The van der Waals surface area contributed by atoms with E-state index in [-0.39, 0.29) is 11.7 Å². The summed E-state index contributed by atoms with van der Waals surface area (Å²) in [5.41, 5.74) is 4.97. The average molecular weight is 282 g/mol. The Bertz CT molecular complexity index is 358. The summed E-state index contributed by atoms with van der Waals surface area (Å²) in [7, 11) is 0. The SMILES string of the molecule is NC(=NO)C1(C(=O)NCCCN2CCCC2)CCCC1. The highest BCUT2D eigenvalue weighted by Crippen LogP contribution is 2.38. The van der Waals surface area contributed by atoms with Crippen LogP contribution in [-0.4, -0.2) is 48.0 Å². The molecule has 2 fully saturated rings. The first-order valence-electron chi connectivity index (χ1n) is 7.68. The highest BCUT2D eigenvalue weighted by atomic mass is 16.4. The number of hydrogen-bond acceptors (Lipinski definition) is 4. The Kier molecular flexibility index (Phi) is 5.23. The molecule has 0 aromatic carbocycles. The molecule has 1 heterocycles. The standard InChI is InChI=1S/C14H26N4O2/c15-12(17-20)14(6-1-2-7-14)13(19)16-8-5-11-18-9-3-4-10-18/h20H,1-11H2,(H2,15,17)(H,16,19). The Hall–Kier alpha value is -1.30. The molecular formula is C14H26N4O2. The Morgan fingerprint density at radius 2 is 1.90 bits per heavy atom. The maximum absolute atomic E-state index is 12.4. The van der Waals surface area contributed by atoms with Crippen molar-refractivity contribution in [1.82, 2.24) is 10.2 Å². The molecule has 114 valence electrons. The number of rotatable bonds is 6. The molecule has 1 aliphatic heterocycles. The van der Waals surface area contributed by atoms with Gasteiger partial charge in [0.1, 0.15) is 5.41 Å². The molecule has 2 aliphatic rings. The zero-order chi connectivity index (χ0) is 14.4. The van der Waals surface area contributed by atoms with Crippen LogP contribution >= 0.6 is 0 Å². The predicted octanol–water partition coefficient (Wildman–Crippen LogP) is 0.895. The second-order valence-corrected chi connectivity index (χ2v) is 5.93. The van der Waals surface area contributed by atoms with Crippen LogP contribution in [0.15, 0.2) is 5.16 Å². The van der Waals surface area contributed by atoms with E-state index >= 15 is 0 Å². The summed E-state index contributed by atoms with van der Waals surface area (Å²) < 4.78 is 0. The lowest BCUT2D eigenvalue weighted by atomic mass is 9.84. The molecule has 0 unspecified atom stereocenters. The van der Waals surface area contributed by atoms with E-state index in [9.17, 15) is 4.79 Å². The lowest BCUT2D eigenvalue weighted by molar-refractivity contribution is -0.127. The molecule has 1 amide bonds. The van der Waals surface area contributed by atoms with Crippen molar-refractivity contribution in [3.05, 3.63) is 0 Å². The van der Waals surface area contributed by atoms with Gasteiger partial charge in [0, 0.05) is 6.54 Å². The normalized spacial score (nSPS) is 23.1. The van der Waals surface area contributed by atoms with Crippen LogP contribution in [0.4, 0.5) is 0 Å². The molecule has 20 heavy (non-hydrogen) atoms. The molecule has 4 N–H and O–H groups in total. The quantitative estimate of drug-likeness (QED) is 0.222. The number of nitrogens with two attached hydrogens (primary N) is 1. The minimum absolute atomic E-state index is 0.0621. The van der Waals surface area contributed by atoms with Gasteiger partial charge in [-0.05, 0) is 51.7 Å². The lowest BCUT2D eigenvalue weighted by Crippen LogP contribution is -2.48. The monoisotopic (exact) mass is 282 g/mol. The molecule has 6 nitrogen and oxygen atoms in total. The van der Waals surface area contributed by atoms with E-state index in [1.165, 1.54) is 25.9 Å². The van der Waals surface area contributed by atoms with Crippen molar-refractivity contribution < 1.29 is 10.0 Å². The van der Waals surface area contributed by atoms with E-state index in [2.05, 4.69) is 15.4 Å². The zero-order valence-corrected chi connectivity index (χ0v) is 12.1. The number of nitrogens with one attached hydrogen (secondary N) is 1. The molecule has 6 heteroatoms. The third-order valence-corrected chi connectivity index (χ3v) is 4.63. The first-order valence-corrected chi connectivity index (χ1v) is 7.68. The summed E-state index contributed by atoms with van der Waals surface area (Å²) in [5.74, 6) is -0.0150. The van der Waals surface area contributed by atoms with Crippen LogP contribution in [0, 0.1) is 5.41 Å². The van der Waals surface area contributed by atoms with Gasteiger partial charge in [-0.15, -0.1) is 0 Å². The predicted molar refractivity (Wildman–Crippen MR) is 77.6 cm³/mol. The lowest BCUT2D eigenvalue weighted by Gasteiger charge is -2.26. The van der Waals surface area contributed by atoms with Crippen molar-refractivity contribution in [2.75, 3.05) is 26.2 Å². The van der Waals surface area contributed by atoms with Gasteiger partial charge in [0.25, 0.3) is 0 Å². The number of carbonyl (C=O) groups excluding carboxylic acids is 1. The first-order chi connectivity index (χ1) is 9.69. The summed E-state index contributed by atoms with van der Waals surface area (Å²) in [6.07, 6.45) is 6.81. The van der Waals surface area contributed by atoms with Crippen molar-refractivity contribution in [3.63, 3.8) is 0 Å². The van der Waals surface area contributed by atoms with Gasteiger partial charge in [-0.3, -0.25) is 4.79 Å². The number of carbonyl (C=O) groups is 1. The van der Waals surface area contributed by atoms with Gasteiger partial charge in [0.15, 0.2) is 5.84 Å². The van der Waals surface area contributed by atoms with Crippen molar-refractivity contribution in [3.8, 4) is 0 Å². The van der Waals surface area contributed by atoms with Gasteiger partial charge in [-0.2, -0.15) is 0 Å². The van der Waals surface area contributed by atoms with Crippen LogP contribution < -0.4 is 11.1 Å². The highest BCUT2D eigenvalue weighted by molar-refractivity contribution is 6.07. The Labute approximate surface area is 120 Å². The summed E-state index contributed by atoms with van der Waals surface area (Å²) >= 11 is 0. The fraction of sp³-hybridized carbons (Fsp3) is 0.857. The molecule has 0 atom stereocenters. The van der Waals surface area contributed by atoms with Gasteiger partial charge in [0.2, 0.25) is 5.91 Å². The second-order valence-electron chi connectivity index (χ2n) is 5.93. The number of likely N-dealkylation sites (tertiary alicyclic amines) is 1. The molecule has 1 aliphatic carbocycles. The third-order valence-electron chi connectivity index (χ3n) is 4.63. The van der Waals surface area contributed by atoms with Crippen molar-refractivity contribution in [2.24, 2.45) is 16.3 Å². The van der Waals surface area contributed by atoms with E-state index in [0.717, 1.165) is 25.8 Å². The van der Waals surface area contributed by atoms with Crippen LogP contribution in [-0.2, 0) is 4.79 Å². The molecule has 2 rings (SSSR count). The van der Waals surface area contributed by atoms with E-state index in [4.69, 9.17) is 10.9 Å². The Balaban J connectivity index is 1.77. The van der Waals surface area contributed by atoms with Gasteiger partial charge in [0.05, 0.1) is 0 Å². The van der Waals surface area contributed by atoms with E-state index < -0.39 is 5.41 Å². The van der Waals surface area contributed by atoms with E-state index in [1.807, 2.05) is 0 Å². The van der Waals surface area contributed by atoms with Crippen LogP contribution in [0.1, 0.15) is 44.9 Å². The summed E-state index contributed by atoms with van der Waals surface area (Å²) in [4.78, 5) is 14.8. The second kappa shape index (κ2) is 6.92. The van der Waals surface area contributed by atoms with Crippen molar-refractivity contribution >= 4 is 11.7 Å².